The van der Waals surface area contributed by atoms with Crippen molar-refractivity contribution < 1.29 is 9.53 Å². The number of ether oxygens (including phenoxy) is 1. The summed E-state index contributed by atoms with van der Waals surface area (Å²) < 4.78 is 6.76. The highest BCUT2D eigenvalue weighted by atomic mass is 16.5. The van der Waals surface area contributed by atoms with E-state index in [0.717, 1.165) is 12.8 Å². The molecule has 6 nitrogen and oxygen atoms in total. The number of aromatic nitrogens is 2. The molecule has 0 aromatic carbocycles. The van der Waals surface area contributed by atoms with Gasteiger partial charge in [0, 0.05) is 32.5 Å². The van der Waals surface area contributed by atoms with Gasteiger partial charge in [0.05, 0.1) is 5.69 Å². The largest absolute Gasteiger partial charge is 0.396 e. The molecule has 2 heterocycles. The number of carbonyl (C=O) groups is 1. The molecule has 88 valence electrons. The van der Waals surface area contributed by atoms with Gasteiger partial charge < -0.3 is 15.8 Å². The van der Waals surface area contributed by atoms with E-state index < -0.39 is 0 Å². The smallest absolute Gasteiger partial charge is 0.274 e. The SMILES string of the molecule is Cn1cc(N)c(C(=O)NC2CCOCC2)n1. The van der Waals surface area contributed by atoms with Crippen molar-refractivity contribution in [2.24, 2.45) is 7.05 Å². The molecule has 16 heavy (non-hydrogen) atoms. The Labute approximate surface area is 93.8 Å². The Morgan fingerprint density at radius 1 is 1.62 bits per heavy atom. The lowest BCUT2D eigenvalue weighted by molar-refractivity contribution is 0.0694. The van der Waals surface area contributed by atoms with Crippen LogP contribution < -0.4 is 11.1 Å². The first-order chi connectivity index (χ1) is 7.66. The lowest BCUT2D eigenvalue weighted by Crippen LogP contribution is -2.39. The van der Waals surface area contributed by atoms with Gasteiger partial charge in [-0.25, -0.2) is 0 Å². The van der Waals surface area contributed by atoms with E-state index >= 15 is 0 Å². The monoisotopic (exact) mass is 224 g/mol. The average Bonchev–Trinajstić information content (AvgIpc) is 2.59. The molecule has 1 fully saturated rings. The average molecular weight is 224 g/mol. The van der Waals surface area contributed by atoms with Crippen molar-refractivity contribution in [3.05, 3.63) is 11.9 Å². The van der Waals surface area contributed by atoms with Crippen molar-refractivity contribution in [2.75, 3.05) is 18.9 Å². The molecule has 0 bridgehead atoms. The van der Waals surface area contributed by atoms with Gasteiger partial charge in [-0.1, -0.05) is 0 Å². The maximum Gasteiger partial charge on any atom is 0.274 e. The standard InChI is InChI=1S/C10H16N4O2/c1-14-6-8(11)9(13-14)10(15)12-7-2-4-16-5-3-7/h6-7H,2-5,11H2,1H3,(H,12,15). The number of anilines is 1. The van der Waals surface area contributed by atoms with Crippen molar-refractivity contribution in [1.82, 2.24) is 15.1 Å². The van der Waals surface area contributed by atoms with Crippen LogP contribution in [0.25, 0.3) is 0 Å². The van der Waals surface area contributed by atoms with Gasteiger partial charge in [0.25, 0.3) is 5.91 Å². The number of hydrogen-bond donors (Lipinski definition) is 2. The van der Waals surface area contributed by atoms with Gasteiger partial charge in [0.1, 0.15) is 0 Å². The number of nitrogens with one attached hydrogen (secondary N) is 1. The van der Waals surface area contributed by atoms with Crippen LogP contribution in [0.4, 0.5) is 5.69 Å². The maximum absolute atomic E-state index is 11.8. The first kappa shape index (κ1) is 10.9. The van der Waals surface area contributed by atoms with E-state index in [0.29, 0.717) is 24.6 Å². The van der Waals surface area contributed by atoms with E-state index in [1.807, 2.05) is 0 Å². The summed E-state index contributed by atoms with van der Waals surface area (Å²) in [4.78, 5) is 11.8. The molecule has 0 unspecified atom stereocenters. The number of rotatable bonds is 2. The van der Waals surface area contributed by atoms with Gasteiger partial charge in [-0.15, -0.1) is 0 Å². The number of carbonyl (C=O) groups excluding carboxylic acids is 1. The zero-order valence-corrected chi connectivity index (χ0v) is 9.27. The van der Waals surface area contributed by atoms with Crippen LogP contribution in [0.2, 0.25) is 0 Å². The molecule has 0 aliphatic carbocycles. The van der Waals surface area contributed by atoms with Gasteiger partial charge >= 0.3 is 0 Å². The Bertz CT molecular complexity index is 382. The Morgan fingerprint density at radius 2 is 2.31 bits per heavy atom. The van der Waals surface area contributed by atoms with E-state index in [9.17, 15) is 4.79 Å². The fourth-order valence-electron chi connectivity index (χ4n) is 1.78. The molecule has 3 N–H and O–H groups in total. The number of hydrogen-bond acceptors (Lipinski definition) is 4. The number of nitrogens with two attached hydrogens (primary N) is 1. The molecule has 1 amide bonds. The fraction of sp³-hybridized carbons (Fsp3) is 0.600. The summed E-state index contributed by atoms with van der Waals surface area (Å²) in [6.45, 7) is 1.39. The van der Waals surface area contributed by atoms with Gasteiger partial charge in [0.2, 0.25) is 0 Å². The van der Waals surface area contributed by atoms with E-state index in [1.165, 1.54) is 4.68 Å². The second-order valence-corrected chi connectivity index (χ2v) is 3.97. The van der Waals surface area contributed by atoms with Crippen molar-refractivity contribution in [2.45, 2.75) is 18.9 Å². The summed E-state index contributed by atoms with van der Waals surface area (Å²) in [5, 5.41) is 6.94. The molecule has 2 rings (SSSR count). The second-order valence-electron chi connectivity index (χ2n) is 3.97. The summed E-state index contributed by atoms with van der Waals surface area (Å²) in [5.74, 6) is -0.204. The second kappa shape index (κ2) is 4.52. The summed E-state index contributed by atoms with van der Waals surface area (Å²) in [6.07, 6.45) is 3.32. The normalized spacial score (nSPS) is 17.3. The molecule has 1 aromatic rings. The first-order valence-corrected chi connectivity index (χ1v) is 5.34. The van der Waals surface area contributed by atoms with E-state index in [2.05, 4.69) is 10.4 Å². The Kier molecular flexibility index (Phi) is 3.09. The van der Waals surface area contributed by atoms with Crippen molar-refractivity contribution in [1.29, 1.82) is 0 Å². The molecule has 1 aliphatic rings. The molecule has 0 saturated carbocycles. The zero-order chi connectivity index (χ0) is 11.5. The Morgan fingerprint density at radius 3 is 2.88 bits per heavy atom. The lowest BCUT2D eigenvalue weighted by Gasteiger charge is -2.22. The minimum Gasteiger partial charge on any atom is -0.396 e. The van der Waals surface area contributed by atoms with E-state index in [4.69, 9.17) is 10.5 Å². The summed E-state index contributed by atoms with van der Waals surface area (Å²) in [5.41, 5.74) is 6.39. The minimum absolute atomic E-state index is 0.169. The molecular weight excluding hydrogens is 208 g/mol. The quantitative estimate of drug-likeness (QED) is 0.735. The predicted molar refractivity (Wildman–Crippen MR) is 58.9 cm³/mol. The number of nitrogen functional groups attached to an aromatic ring is 1. The number of amides is 1. The van der Waals surface area contributed by atoms with Gasteiger partial charge in [0.15, 0.2) is 5.69 Å². The van der Waals surface area contributed by atoms with Crippen molar-refractivity contribution in [3.63, 3.8) is 0 Å². The van der Waals surface area contributed by atoms with E-state index in [1.54, 1.807) is 13.2 Å². The van der Waals surface area contributed by atoms with Crippen LogP contribution in [-0.2, 0) is 11.8 Å². The lowest BCUT2D eigenvalue weighted by atomic mass is 10.1. The first-order valence-electron chi connectivity index (χ1n) is 5.34. The molecule has 1 aliphatic heterocycles. The highest BCUT2D eigenvalue weighted by Gasteiger charge is 2.20. The van der Waals surface area contributed by atoms with E-state index in [-0.39, 0.29) is 11.9 Å². The van der Waals surface area contributed by atoms with Crippen LogP contribution in [0.1, 0.15) is 23.3 Å². The number of nitrogens with zero attached hydrogens (tertiary/aromatic N) is 2. The highest BCUT2D eigenvalue weighted by Crippen LogP contribution is 2.11. The van der Waals surface area contributed by atoms with Crippen LogP contribution in [-0.4, -0.2) is 34.9 Å². The molecule has 1 saturated heterocycles. The van der Waals surface area contributed by atoms with Crippen LogP contribution in [0, 0.1) is 0 Å². The van der Waals surface area contributed by atoms with Crippen molar-refractivity contribution >= 4 is 11.6 Å². The maximum atomic E-state index is 11.8. The summed E-state index contributed by atoms with van der Waals surface area (Å²) >= 11 is 0. The molecule has 0 spiro atoms. The topological polar surface area (TPSA) is 82.2 Å². The minimum atomic E-state index is -0.204. The molecule has 0 radical (unpaired) electrons. The third-order valence-corrected chi connectivity index (χ3v) is 2.63. The van der Waals surface area contributed by atoms with Crippen LogP contribution in [0.5, 0.6) is 0 Å². The molecule has 6 heteroatoms. The molecule has 1 aromatic heterocycles. The van der Waals surface area contributed by atoms with Crippen LogP contribution >= 0.6 is 0 Å². The molecular formula is C10H16N4O2. The highest BCUT2D eigenvalue weighted by molar-refractivity contribution is 5.97. The predicted octanol–water partition coefficient (Wildman–Crippen LogP) is -0.0889. The third kappa shape index (κ3) is 2.33. The number of aryl methyl sites for hydroxylation is 1. The van der Waals surface area contributed by atoms with Crippen LogP contribution in [0.3, 0.4) is 0 Å². The third-order valence-electron chi connectivity index (χ3n) is 2.63. The Hall–Kier alpha value is -1.56. The Balaban J connectivity index is 1.99. The summed E-state index contributed by atoms with van der Waals surface area (Å²) in [6, 6.07) is 0.169. The fourth-order valence-corrected chi connectivity index (χ4v) is 1.78. The van der Waals surface area contributed by atoms with Crippen molar-refractivity contribution in [3.8, 4) is 0 Å². The van der Waals surface area contributed by atoms with Gasteiger partial charge in [-0.05, 0) is 12.8 Å². The molecule has 0 atom stereocenters. The zero-order valence-electron chi connectivity index (χ0n) is 9.27. The van der Waals surface area contributed by atoms with Crippen LogP contribution in [0.15, 0.2) is 6.20 Å². The van der Waals surface area contributed by atoms with Gasteiger partial charge in [-0.3, -0.25) is 9.48 Å². The summed E-state index contributed by atoms with van der Waals surface area (Å²) in [7, 11) is 1.74. The van der Waals surface area contributed by atoms with Gasteiger partial charge in [-0.2, -0.15) is 5.10 Å².